The molecule has 0 aromatic carbocycles. The third kappa shape index (κ3) is 3.97. The van der Waals surface area contributed by atoms with Crippen molar-refractivity contribution in [3.8, 4) is 12.3 Å². The van der Waals surface area contributed by atoms with E-state index >= 15 is 0 Å². The van der Waals surface area contributed by atoms with E-state index in [1.807, 2.05) is 0 Å². The second-order valence-corrected chi connectivity index (χ2v) is 1.27. The Morgan fingerprint density at radius 3 is 2.20 bits per heavy atom. The van der Waals surface area contributed by atoms with Gasteiger partial charge >= 0.3 is 0 Å². The van der Waals surface area contributed by atoms with Gasteiger partial charge in [-0.1, -0.05) is 5.92 Å². The number of alkyl halides is 2. The molecule has 0 heterocycles. The van der Waals surface area contributed by atoms with E-state index in [9.17, 15) is 4.39 Å². The van der Waals surface area contributed by atoms with Crippen molar-refractivity contribution in [1.82, 2.24) is 0 Å². The molecule has 0 bridgehead atoms. The fourth-order valence-electron chi connectivity index (χ4n) is 0. The lowest BCUT2D eigenvalue weighted by Gasteiger charge is -1.73. The van der Waals surface area contributed by atoms with E-state index in [1.165, 1.54) is 0 Å². The molecule has 0 nitrogen and oxygen atoms in total. The van der Waals surface area contributed by atoms with Gasteiger partial charge in [-0.2, -0.15) is 0 Å². The van der Waals surface area contributed by atoms with Gasteiger partial charge in [0.25, 0.3) is 0 Å². The summed E-state index contributed by atoms with van der Waals surface area (Å²) in [6, 6.07) is 0. The van der Waals surface area contributed by atoms with Crippen molar-refractivity contribution in [1.29, 1.82) is 0 Å². The number of terminal acetylenes is 1. The van der Waals surface area contributed by atoms with Crippen molar-refractivity contribution in [3.05, 3.63) is 0 Å². The largest absolute Gasteiger partial charge is 0.221 e. The van der Waals surface area contributed by atoms with Gasteiger partial charge in [-0.15, -0.1) is 6.42 Å². The molecule has 1 unspecified atom stereocenters. The molecule has 1 atom stereocenters. The van der Waals surface area contributed by atoms with Crippen LogP contribution in [0.2, 0.25) is 0 Å². The van der Waals surface area contributed by atoms with E-state index < -0.39 is 5.08 Å². The van der Waals surface area contributed by atoms with Crippen LogP contribution in [0.1, 0.15) is 0 Å². The van der Waals surface area contributed by atoms with Crippen LogP contribution >= 0.6 is 15.9 Å². The summed E-state index contributed by atoms with van der Waals surface area (Å²) in [6.07, 6.45) is 4.50. The van der Waals surface area contributed by atoms with Crippen LogP contribution in [0.25, 0.3) is 0 Å². The van der Waals surface area contributed by atoms with Gasteiger partial charge in [0.05, 0.1) is 0 Å². The summed E-state index contributed by atoms with van der Waals surface area (Å²) in [5, 5.41) is -1.28. The SMILES string of the molecule is C#CC(F)Br. The maximum atomic E-state index is 11.1. The minimum absolute atomic E-state index is 1.28. The predicted octanol–water partition coefficient (Wildman–Crippen LogP) is 1.31. The quantitative estimate of drug-likeness (QED) is 0.348. The summed E-state index contributed by atoms with van der Waals surface area (Å²) in [6.45, 7) is 0. The Balaban J connectivity index is 2.94. The third-order valence-corrected chi connectivity index (χ3v) is 0.390. The van der Waals surface area contributed by atoms with Gasteiger partial charge in [-0.05, 0) is 15.9 Å². The Kier molecular flexibility index (Phi) is 2.21. The third-order valence-electron chi connectivity index (χ3n) is 0.126. The summed E-state index contributed by atoms with van der Waals surface area (Å²) in [4.78, 5) is 0. The molecule has 5 heavy (non-hydrogen) atoms. The van der Waals surface area contributed by atoms with Crippen molar-refractivity contribution in [2.24, 2.45) is 0 Å². The molecule has 2 heteroatoms. The van der Waals surface area contributed by atoms with E-state index in [2.05, 4.69) is 22.4 Å². The fraction of sp³-hybridized carbons (Fsp3) is 0.333. The molecule has 0 rings (SSSR count). The normalized spacial score (nSPS) is 13.0. The smallest absolute Gasteiger partial charge is 0.214 e. The molecule has 0 aliphatic carbocycles. The molecule has 0 saturated heterocycles. The van der Waals surface area contributed by atoms with Gasteiger partial charge in [0.1, 0.15) is 0 Å². The Bertz CT molecular complexity index is 52.4. The minimum Gasteiger partial charge on any atom is -0.221 e. The average molecular weight is 137 g/mol. The molecular formula is C3H2BrF. The topological polar surface area (TPSA) is 0 Å². The second-order valence-electron chi connectivity index (χ2n) is 0.467. The van der Waals surface area contributed by atoms with E-state index in [4.69, 9.17) is 0 Å². The van der Waals surface area contributed by atoms with Crippen LogP contribution in [0.4, 0.5) is 4.39 Å². The van der Waals surface area contributed by atoms with Crippen molar-refractivity contribution in [2.45, 2.75) is 5.08 Å². The highest BCUT2D eigenvalue weighted by molar-refractivity contribution is 9.09. The zero-order chi connectivity index (χ0) is 4.28. The zero-order valence-corrected chi connectivity index (χ0v) is 4.00. The molecule has 0 fully saturated rings. The number of rotatable bonds is 0. The standard InChI is InChI=1S/C3H2BrF/c1-2-3(4)5/h1,3H. The molecule has 0 aromatic heterocycles. The predicted molar refractivity (Wildman–Crippen MR) is 22.7 cm³/mol. The fourth-order valence-corrected chi connectivity index (χ4v) is 0. The summed E-state index contributed by atoms with van der Waals surface area (Å²) in [5.74, 6) is 1.78. The van der Waals surface area contributed by atoms with Gasteiger partial charge in [0.15, 0.2) is 0 Å². The highest BCUT2D eigenvalue weighted by atomic mass is 79.9. The maximum Gasteiger partial charge on any atom is 0.214 e. The lowest BCUT2D eigenvalue weighted by molar-refractivity contribution is 0.541. The van der Waals surface area contributed by atoms with Crippen LogP contribution < -0.4 is 0 Å². The van der Waals surface area contributed by atoms with Crippen LogP contribution in [0.15, 0.2) is 0 Å². The minimum atomic E-state index is -1.28. The molecule has 0 aromatic rings. The van der Waals surface area contributed by atoms with E-state index in [0.29, 0.717) is 0 Å². The monoisotopic (exact) mass is 136 g/mol. The van der Waals surface area contributed by atoms with Crippen molar-refractivity contribution in [2.75, 3.05) is 0 Å². The Morgan fingerprint density at radius 2 is 2.20 bits per heavy atom. The first-order valence-corrected chi connectivity index (χ1v) is 1.93. The first-order chi connectivity index (χ1) is 2.27. The van der Waals surface area contributed by atoms with E-state index in [-0.39, 0.29) is 0 Å². The van der Waals surface area contributed by atoms with Crippen molar-refractivity contribution >= 4 is 15.9 Å². The molecule has 0 aliphatic heterocycles. The summed E-state index contributed by atoms with van der Waals surface area (Å²) >= 11 is 2.47. The highest BCUT2D eigenvalue weighted by Crippen LogP contribution is 1.94. The summed E-state index contributed by atoms with van der Waals surface area (Å²) in [7, 11) is 0. The molecule has 0 spiro atoms. The van der Waals surface area contributed by atoms with Gasteiger partial charge in [0, 0.05) is 0 Å². The number of hydrogen-bond acceptors (Lipinski definition) is 0. The molecular weight excluding hydrogens is 135 g/mol. The number of hydrogen-bond donors (Lipinski definition) is 0. The first kappa shape index (κ1) is 4.97. The van der Waals surface area contributed by atoms with Gasteiger partial charge in [-0.3, -0.25) is 0 Å². The summed E-state index contributed by atoms with van der Waals surface area (Å²) in [5.41, 5.74) is 0. The van der Waals surface area contributed by atoms with Gasteiger partial charge in [-0.25, -0.2) is 4.39 Å². The van der Waals surface area contributed by atoms with Crippen molar-refractivity contribution < 1.29 is 4.39 Å². The highest BCUT2D eigenvalue weighted by Gasteiger charge is 1.83. The number of halogens is 2. The van der Waals surface area contributed by atoms with Crippen LogP contribution in [0, 0.1) is 12.3 Å². The maximum absolute atomic E-state index is 11.1. The van der Waals surface area contributed by atoms with Gasteiger partial charge < -0.3 is 0 Å². The second kappa shape index (κ2) is 2.22. The molecule has 0 radical (unpaired) electrons. The lowest BCUT2D eigenvalue weighted by Crippen LogP contribution is -1.72. The van der Waals surface area contributed by atoms with E-state index in [0.717, 1.165) is 0 Å². The molecule has 0 N–H and O–H groups in total. The van der Waals surface area contributed by atoms with Crippen LogP contribution in [-0.4, -0.2) is 5.08 Å². The van der Waals surface area contributed by atoms with Crippen LogP contribution in [0.5, 0.6) is 0 Å². The van der Waals surface area contributed by atoms with Crippen molar-refractivity contribution in [3.63, 3.8) is 0 Å². The first-order valence-electron chi connectivity index (χ1n) is 1.01. The lowest BCUT2D eigenvalue weighted by atomic mass is 10.8. The molecule has 0 amide bonds. The van der Waals surface area contributed by atoms with E-state index in [1.54, 1.807) is 5.92 Å². The molecule has 28 valence electrons. The summed E-state index contributed by atoms with van der Waals surface area (Å²) < 4.78 is 11.1. The van der Waals surface area contributed by atoms with Gasteiger partial charge in [0.2, 0.25) is 5.08 Å². The van der Waals surface area contributed by atoms with Crippen LogP contribution in [-0.2, 0) is 0 Å². The zero-order valence-electron chi connectivity index (χ0n) is 2.41. The average Bonchev–Trinajstić information content (AvgIpc) is 1.38. The Hall–Kier alpha value is -0.0300. The molecule has 0 saturated carbocycles. The molecule has 0 aliphatic rings. The Morgan fingerprint density at radius 1 is 2.00 bits per heavy atom. The Labute approximate surface area is 38.5 Å². The van der Waals surface area contributed by atoms with Crippen LogP contribution in [0.3, 0.4) is 0 Å².